The molecule has 0 radical (unpaired) electrons. The zero-order valence-corrected chi connectivity index (χ0v) is 26.1. The van der Waals surface area contributed by atoms with E-state index in [-0.39, 0.29) is 50.2 Å². The van der Waals surface area contributed by atoms with Gasteiger partial charge in [-0.1, -0.05) is 23.7 Å². The van der Waals surface area contributed by atoms with Gasteiger partial charge in [0.1, 0.15) is 25.6 Å². The molecule has 18 heteroatoms. The number of rotatable bonds is 16. The topological polar surface area (TPSA) is 190 Å². The Morgan fingerprint density at radius 3 is 2.05 bits per heavy atom. The summed E-state index contributed by atoms with van der Waals surface area (Å²) in [7, 11) is -3.76. The van der Waals surface area contributed by atoms with Gasteiger partial charge >= 0.3 is 26.1 Å². The number of halogens is 1. The number of carbonyl (C=O) groups excluding carboxylic acids is 3. The van der Waals surface area contributed by atoms with E-state index < -0.39 is 41.7 Å². The number of phosphoric acid groups is 1. The average molecular weight is 667 g/mol. The van der Waals surface area contributed by atoms with Gasteiger partial charge in [-0.3, -0.25) is 9.05 Å². The summed E-state index contributed by atoms with van der Waals surface area (Å²) in [5.74, 6) is -0.285. The van der Waals surface area contributed by atoms with Gasteiger partial charge in [0, 0.05) is 39.3 Å². The molecule has 0 aliphatic carbocycles. The van der Waals surface area contributed by atoms with Crippen LogP contribution in [0.5, 0.6) is 5.75 Å². The van der Waals surface area contributed by atoms with Gasteiger partial charge in [0.05, 0.1) is 17.3 Å². The number of sulfone groups is 1. The van der Waals surface area contributed by atoms with Crippen molar-refractivity contribution in [3.8, 4) is 5.75 Å². The molecule has 1 atom stereocenters. The summed E-state index contributed by atoms with van der Waals surface area (Å²) in [4.78, 5) is 37.8. The third-order valence-electron chi connectivity index (χ3n) is 5.44. The Kier molecular flexibility index (Phi) is 13.3. The minimum absolute atomic E-state index is 0.0555. The van der Waals surface area contributed by atoms with Crippen molar-refractivity contribution >= 4 is 47.5 Å². The summed E-state index contributed by atoms with van der Waals surface area (Å²) in [6, 6.07) is 11.6. The molecule has 2 aromatic carbocycles. The molecule has 2 aromatic rings. The Balaban J connectivity index is 1.68. The number of hydrogen-bond acceptors (Lipinski definition) is 12. The zero-order chi connectivity index (χ0) is 32.8. The molecular formula is C25H33ClN3O12PS. The van der Waals surface area contributed by atoms with Crippen LogP contribution in [0, 0.1) is 0 Å². The molecule has 0 fully saturated rings. The highest BCUT2D eigenvalue weighted by Crippen LogP contribution is 2.48. The van der Waals surface area contributed by atoms with Crippen molar-refractivity contribution in [1.82, 2.24) is 9.80 Å². The van der Waals surface area contributed by atoms with Crippen molar-refractivity contribution in [3.05, 3.63) is 59.1 Å². The molecule has 0 heterocycles. The van der Waals surface area contributed by atoms with Crippen LogP contribution in [0.3, 0.4) is 0 Å². The van der Waals surface area contributed by atoms with E-state index in [2.05, 4.69) is 0 Å². The standard InChI is InChI=1S/C25H33ClN3O12PS/c1-28(12-13-29(2)25(32)38-16-17-43(34,35)22-10-6-20(26)7-11-22)24(31)37-14-15-40-42(33,36-3)41-21-8-4-19(5-9-21)18-39-23(27)30/h4-11H,12-18H2,1-3H3,(H2,27,30)/i/hD. The van der Waals surface area contributed by atoms with Crippen LogP contribution in [-0.2, 0) is 44.3 Å². The average Bonchev–Trinajstić information content (AvgIpc) is 3.01. The van der Waals surface area contributed by atoms with E-state index in [1.165, 1.54) is 72.4 Å². The lowest BCUT2D eigenvalue weighted by molar-refractivity contribution is 0.0807. The van der Waals surface area contributed by atoms with Crippen LogP contribution in [0.2, 0.25) is 6.43 Å². The van der Waals surface area contributed by atoms with Gasteiger partial charge in [-0.25, -0.2) is 27.4 Å². The van der Waals surface area contributed by atoms with Crippen molar-refractivity contribution in [2.45, 2.75) is 11.5 Å². The highest BCUT2D eigenvalue weighted by atomic mass is 35.5. The van der Waals surface area contributed by atoms with Crippen LogP contribution in [-0.4, -0.2) is 96.4 Å². The summed E-state index contributed by atoms with van der Waals surface area (Å²) in [5, 5.41) is 0.393. The summed E-state index contributed by atoms with van der Waals surface area (Å²) in [5.41, 5.74) is 2.15. The van der Waals surface area contributed by atoms with Crippen molar-refractivity contribution in [1.29, 1.82) is 0 Å². The number of nitrogens with zero attached hydrogens (tertiary/aromatic N) is 2. The molecule has 0 spiro atoms. The predicted molar refractivity (Wildman–Crippen MR) is 153 cm³/mol. The second kappa shape index (κ2) is 16.9. The molecule has 0 saturated carbocycles. The van der Waals surface area contributed by atoms with Gasteiger partial charge in [-0.15, -0.1) is 0 Å². The van der Waals surface area contributed by atoms with Crippen LogP contribution in [0.15, 0.2) is 53.4 Å². The monoisotopic (exact) mass is 666 g/mol. The first-order chi connectivity index (χ1) is 20.8. The Morgan fingerprint density at radius 1 is 0.907 bits per heavy atom. The van der Waals surface area contributed by atoms with Crippen molar-refractivity contribution in [2.24, 2.45) is 5.73 Å². The van der Waals surface area contributed by atoms with Crippen molar-refractivity contribution in [2.75, 3.05) is 59.9 Å². The third-order valence-corrected chi connectivity index (χ3v) is 8.76. The number of amides is 3. The van der Waals surface area contributed by atoms with E-state index >= 15 is 0 Å². The van der Waals surface area contributed by atoms with E-state index in [1.807, 2.05) is 0 Å². The molecule has 2 N–H and O–H groups in total. The van der Waals surface area contributed by atoms with E-state index in [0.717, 1.165) is 7.11 Å². The van der Waals surface area contributed by atoms with E-state index in [4.69, 9.17) is 40.8 Å². The Morgan fingerprint density at radius 2 is 1.49 bits per heavy atom. The molecule has 0 aliphatic heterocycles. The fourth-order valence-electron chi connectivity index (χ4n) is 3.02. The molecule has 238 valence electrons. The van der Waals surface area contributed by atoms with Crippen molar-refractivity contribution in [3.63, 3.8) is 0 Å². The molecule has 2 rings (SSSR count). The predicted octanol–water partition coefficient (Wildman–Crippen LogP) is 3.70. The minimum atomic E-state index is -4.06. The maximum absolute atomic E-state index is 12.7. The normalized spacial score (nSPS) is 12.7. The van der Waals surface area contributed by atoms with Gasteiger partial charge < -0.3 is 34.3 Å². The molecule has 0 aromatic heterocycles. The Bertz CT molecular complexity index is 1400. The summed E-state index contributed by atoms with van der Waals surface area (Å²) < 4.78 is 74.2. The SMILES string of the molecule is [2H]NC(=O)OCc1ccc(OP(=O)(OC)OCCOC(=O)N(C)CCN(C)C(=O)OCCS(=O)(=O)c2ccc(Cl)cc2)cc1. The maximum atomic E-state index is 12.7. The first-order valence-electron chi connectivity index (χ1n) is 13.0. The molecule has 0 bridgehead atoms. The Labute approximate surface area is 255 Å². The molecule has 0 saturated heterocycles. The van der Waals surface area contributed by atoms with Gasteiger partial charge in [-0.2, -0.15) is 0 Å². The molecule has 15 nitrogen and oxygen atoms in total. The van der Waals surface area contributed by atoms with E-state index in [0.29, 0.717) is 10.6 Å². The van der Waals surface area contributed by atoms with Crippen LogP contribution in [0.4, 0.5) is 14.4 Å². The van der Waals surface area contributed by atoms with E-state index in [1.54, 1.807) is 5.73 Å². The number of likely N-dealkylation sites (N-methyl/N-ethyl adjacent to an activating group) is 2. The number of ether oxygens (including phenoxy) is 3. The number of benzene rings is 2. The van der Waals surface area contributed by atoms with Crippen LogP contribution >= 0.6 is 19.4 Å². The minimum Gasteiger partial charge on any atom is -0.448 e. The van der Waals surface area contributed by atoms with Gasteiger partial charge in [0.2, 0.25) is 0 Å². The first-order valence-corrected chi connectivity index (χ1v) is 15.9. The molecule has 1 unspecified atom stereocenters. The van der Waals surface area contributed by atoms with Gasteiger partial charge in [0.25, 0.3) is 0 Å². The number of phosphoric ester groups is 1. The summed E-state index contributed by atoms with van der Waals surface area (Å²) >= 11 is 5.77. The van der Waals surface area contributed by atoms with Gasteiger partial charge in [0.15, 0.2) is 11.2 Å². The molecule has 0 aliphatic rings. The highest BCUT2D eigenvalue weighted by molar-refractivity contribution is 7.91. The highest BCUT2D eigenvalue weighted by Gasteiger charge is 2.27. The van der Waals surface area contributed by atoms with Crippen molar-refractivity contribution < 1.29 is 56.6 Å². The fraction of sp³-hybridized carbons (Fsp3) is 0.400. The second-order valence-corrected chi connectivity index (χ2v) is 12.9. The smallest absolute Gasteiger partial charge is 0.448 e. The first kappa shape index (κ1) is 33.9. The molecular weight excluding hydrogens is 633 g/mol. The van der Waals surface area contributed by atoms with E-state index in [9.17, 15) is 27.4 Å². The molecule has 43 heavy (non-hydrogen) atoms. The molecule has 3 amide bonds. The quantitative estimate of drug-likeness (QED) is 0.156. The van der Waals surface area contributed by atoms with Crippen LogP contribution in [0.1, 0.15) is 5.56 Å². The summed E-state index contributed by atoms with van der Waals surface area (Å²) in [6.45, 7) is -0.975. The van der Waals surface area contributed by atoms with Gasteiger partial charge in [-0.05, 0) is 42.0 Å². The maximum Gasteiger partial charge on any atom is 0.529 e. The number of nitrogens with two attached hydrogens (primary N) is 1. The Hall–Kier alpha value is -3.56. The number of primary amides is 1. The number of carbonyl (C=O) groups is 3. The zero-order valence-electron chi connectivity index (χ0n) is 24.6. The summed E-state index contributed by atoms with van der Waals surface area (Å²) in [6.07, 6.45) is -2.45. The van der Waals surface area contributed by atoms with Crippen LogP contribution in [0.25, 0.3) is 0 Å². The second-order valence-electron chi connectivity index (χ2n) is 8.62. The number of hydrogen-bond donors (Lipinski definition) is 1. The largest absolute Gasteiger partial charge is 0.529 e. The lowest BCUT2D eigenvalue weighted by atomic mass is 10.2. The third kappa shape index (κ3) is 12.7. The fourth-order valence-corrected chi connectivity index (χ4v) is 5.15. The lowest BCUT2D eigenvalue weighted by Gasteiger charge is -2.22. The lowest BCUT2D eigenvalue weighted by Crippen LogP contribution is -2.38. The van der Waals surface area contributed by atoms with Crippen LogP contribution < -0.4 is 10.3 Å².